The summed E-state index contributed by atoms with van der Waals surface area (Å²) in [5.41, 5.74) is 3.61. The Hall–Kier alpha value is -2.95. The number of aromatic nitrogens is 2. The van der Waals surface area contributed by atoms with Crippen molar-refractivity contribution in [3.8, 4) is 11.5 Å². The Morgan fingerprint density at radius 1 is 0.971 bits per heavy atom. The zero-order valence-electron chi connectivity index (χ0n) is 19.4. The molecular formula is C24H25N3O5S2. The fourth-order valence-corrected chi connectivity index (χ4v) is 5.89. The SMILES string of the molecule is CCN(CC)S(=O)(=O)c1cccc(-c2nnc(SCc3cc(=O)oc4cc(C)c(C)cc34)o2)c1. The standard InChI is InChI=1S/C24H25N3O5S2/c1-5-27(6-2)34(29,30)19-9-7-8-17(12-19)23-25-26-24(32-23)33-14-18-13-22(28)31-21-11-16(4)15(3)10-20(18)21/h7-13H,5-6,14H2,1-4H3. The van der Waals surface area contributed by atoms with E-state index in [0.717, 1.165) is 22.1 Å². The molecule has 0 bridgehead atoms. The van der Waals surface area contributed by atoms with Crippen LogP contribution in [0, 0.1) is 13.8 Å². The monoisotopic (exact) mass is 499 g/mol. The van der Waals surface area contributed by atoms with Gasteiger partial charge in [-0.1, -0.05) is 31.7 Å². The van der Waals surface area contributed by atoms with Gasteiger partial charge in [-0.2, -0.15) is 4.31 Å². The van der Waals surface area contributed by atoms with Crippen LogP contribution in [-0.2, 0) is 15.8 Å². The lowest BCUT2D eigenvalue weighted by Crippen LogP contribution is -2.30. The fraction of sp³-hybridized carbons (Fsp3) is 0.292. The molecule has 0 unspecified atom stereocenters. The van der Waals surface area contributed by atoms with E-state index >= 15 is 0 Å². The second kappa shape index (κ2) is 9.73. The summed E-state index contributed by atoms with van der Waals surface area (Å²) < 4.78 is 38.2. The average molecular weight is 500 g/mol. The van der Waals surface area contributed by atoms with Crippen LogP contribution in [0.15, 0.2) is 66.2 Å². The maximum Gasteiger partial charge on any atom is 0.336 e. The van der Waals surface area contributed by atoms with Gasteiger partial charge in [0, 0.05) is 35.9 Å². The zero-order chi connectivity index (χ0) is 24.5. The van der Waals surface area contributed by atoms with Crippen molar-refractivity contribution in [1.29, 1.82) is 0 Å². The Morgan fingerprint density at radius 3 is 2.44 bits per heavy atom. The van der Waals surface area contributed by atoms with Crippen LogP contribution < -0.4 is 5.63 Å². The highest BCUT2D eigenvalue weighted by atomic mass is 32.2. The minimum Gasteiger partial charge on any atom is -0.423 e. The number of rotatable bonds is 8. The molecular weight excluding hydrogens is 474 g/mol. The van der Waals surface area contributed by atoms with Crippen molar-refractivity contribution in [1.82, 2.24) is 14.5 Å². The normalized spacial score (nSPS) is 12.0. The van der Waals surface area contributed by atoms with Gasteiger partial charge in [0.1, 0.15) is 5.58 Å². The average Bonchev–Trinajstić information content (AvgIpc) is 3.28. The number of benzene rings is 2. The molecule has 4 aromatic rings. The highest BCUT2D eigenvalue weighted by molar-refractivity contribution is 7.98. The van der Waals surface area contributed by atoms with Gasteiger partial charge in [0.25, 0.3) is 5.22 Å². The molecule has 0 saturated heterocycles. The highest BCUT2D eigenvalue weighted by Gasteiger charge is 2.22. The van der Waals surface area contributed by atoms with Crippen LogP contribution in [0.1, 0.15) is 30.5 Å². The number of aryl methyl sites for hydroxylation is 2. The summed E-state index contributed by atoms with van der Waals surface area (Å²) in [5.74, 6) is 0.658. The molecule has 2 heterocycles. The molecule has 0 radical (unpaired) electrons. The number of nitrogens with zero attached hydrogens (tertiary/aromatic N) is 3. The molecule has 10 heteroatoms. The van der Waals surface area contributed by atoms with Crippen molar-refractivity contribution in [2.24, 2.45) is 0 Å². The second-order valence-electron chi connectivity index (χ2n) is 7.80. The largest absolute Gasteiger partial charge is 0.423 e. The molecule has 4 rings (SSSR count). The number of sulfonamides is 1. The lowest BCUT2D eigenvalue weighted by molar-refractivity contribution is 0.445. The lowest BCUT2D eigenvalue weighted by atomic mass is 10.0. The van der Waals surface area contributed by atoms with Crippen molar-refractivity contribution in [3.63, 3.8) is 0 Å². The maximum atomic E-state index is 12.8. The molecule has 0 amide bonds. The third kappa shape index (κ3) is 4.79. The molecule has 0 saturated carbocycles. The van der Waals surface area contributed by atoms with E-state index in [-0.39, 0.29) is 10.8 Å². The molecule has 0 spiro atoms. The van der Waals surface area contributed by atoms with Gasteiger partial charge in [0.15, 0.2) is 0 Å². The molecule has 0 N–H and O–H groups in total. The summed E-state index contributed by atoms with van der Waals surface area (Å²) >= 11 is 1.30. The minimum atomic E-state index is -3.60. The van der Waals surface area contributed by atoms with Gasteiger partial charge in [-0.15, -0.1) is 10.2 Å². The summed E-state index contributed by atoms with van der Waals surface area (Å²) in [6.45, 7) is 8.35. The van der Waals surface area contributed by atoms with E-state index in [1.807, 2.05) is 26.0 Å². The van der Waals surface area contributed by atoms with Gasteiger partial charge in [-0.05, 0) is 60.9 Å². The van der Waals surface area contributed by atoms with Crippen LogP contribution in [-0.4, -0.2) is 36.0 Å². The van der Waals surface area contributed by atoms with E-state index in [0.29, 0.717) is 35.2 Å². The van der Waals surface area contributed by atoms with Gasteiger partial charge in [0.2, 0.25) is 15.9 Å². The van der Waals surface area contributed by atoms with Crippen LogP contribution in [0.25, 0.3) is 22.4 Å². The van der Waals surface area contributed by atoms with E-state index in [1.54, 1.807) is 32.0 Å². The molecule has 178 valence electrons. The van der Waals surface area contributed by atoms with Gasteiger partial charge < -0.3 is 8.83 Å². The Bertz CT molecular complexity index is 1500. The van der Waals surface area contributed by atoms with E-state index in [2.05, 4.69) is 10.2 Å². The zero-order valence-corrected chi connectivity index (χ0v) is 21.0. The minimum absolute atomic E-state index is 0.175. The molecule has 2 aromatic heterocycles. The second-order valence-corrected chi connectivity index (χ2v) is 10.7. The molecule has 34 heavy (non-hydrogen) atoms. The first-order valence-electron chi connectivity index (χ1n) is 10.8. The molecule has 8 nitrogen and oxygen atoms in total. The van der Waals surface area contributed by atoms with Crippen LogP contribution >= 0.6 is 11.8 Å². The molecule has 0 aliphatic rings. The quantitative estimate of drug-likeness (QED) is 0.252. The Morgan fingerprint density at radius 2 is 1.71 bits per heavy atom. The lowest BCUT2D eigenvalue weighted by Gasteiger charge is -2.18. The van der Waals surface area contributed by atoms with E-state index in [1.165, 1.54) is 28.2 Å². The number of hydrogen-bond donors (Lipinski definition) is 0. The van der Waals surface area contributed by atoms with Gasteiger partial charge in [-0.25, -0.2) is 13.2 Å². The summed E-state index contributed by atoms with van der Waals surface area (Å²) in [7, 11) is -3.60. The van der Waals surface area contributed by atoms with Crippen molar-refractivity contribution in [2.45, 2.75) is 43.6 Å². The predicted molar refractivity (Wildman–Crippen MR) is 131 cm³/mol. The maximum absolute atomic E-state index is 12.8. The van der Waals surface area contributed by atoms with E-state index in [4.69, 9.17) is 8.83 Å². The van der Waals surface area contributed by atoms with Crippen molar-refractivity contribution >= 4 is 32.8 Å². The molecule has 0 atom stereocenters. The summed E-state index contributed by atoms with van der Waals surface area (Å²) in [6, 6.07) is 11.8. The van der Waals surface area contributed by atoms with Gasteiger partial charge in [-0.3, -0.25) is 0 Å². The number of fused-ring (bicyclic) bond motifs is 1. The Balaban J connectivity index is 1.58. The first-order chi connectivity index (χ1) is 16.2. The third-order valence-corrected chi connectivity index (χ3v) is 8.54. The fourth-order valence-electron chi connectivity index (χ4n) is 3.63. The Kier molecular flexibility index (Phi) is 6.92. The first-order valence-corrected chi connectivity index (χ1v) is 13.3. The molecule has 0 aliphatic carbocycles. The molecule has 2 aromatic carbocycles. The summed E-state index contributed by atoms with van der Waals surface area (Å²) in [6.07, 6.45) is 0. The molecule has 0 fully saturated rings. The summed E-state index contributed by atoms with van der Waals surface area (Å²) in [5, 5.41) is 9.35. The number of hydrogen-bond acceptors (Lipinski definition) is 8. The van der Waals surface area contributed by atoms with E-state index < -0.39 is 15.6 Å². The number of thioether (sulfide) groups is 1. The van der Waals surface area contributed by atoms with Crippen molar-refractivity contribution in [3.05, 3.63) is 69.6 Å². The van der Waals surface area contributed by atoms with Crippen LogP contribution in [0.3, 0.4) is 0 Å². The smallest absolute Gasteiger partial charge is 0.336 e. The van der Waals surface area contributed by atoms with Crippen LogP contribution in [0.5, 0.6) is 0 Å². The van der Waals surface area contributed by atoms with Crippen LogP contribution in [0.2, 0.25) is 0 Å². The Labute approximate surface area is 202 Å². The first kappa shape index (κ1) is 24.2. The summed E-state index contributed by atoms with van der Waals surface area (Å²) in [4.78, 5) is 12.2. The van der Waals surface area contributed by atoms with Gasteiger partial charge in [0.05, 0.1) is 4.90 Å². The third-order valence-electron chi connectivity index (χ3n) is 5.63. The molecule has 0 aliphatic heterocycles. The van der Waals surface area contributed by atoms with Gasteiger partial charge >= 0.3 is 5.63 Å². The highest BCUT2D eigenvalue weighted by Crippen LogP contribution is 2.30. The van der Waals surface area contributed by atoms with E-state index in [9.17, 15) is 13.2 Å². The van der Waals surface area contributed by atoms with Crippen LogP contribution in [0.4, 0.5) is 0 Å². The predicted octanol–water partition coefficient (Wildman–Crippen LogP) is 4.78. The van der Waals surface area contributed by atoms with Crippen molar-refractivity contribution < 1.29 is 17.3 Å². The van der Waals surface area contributed by atoms with Crippen molar-refractivity contribution in [2.75, 3.05) is 13.1 Å². The topological polar surface area (TPSA) is 107 Å².